The van der Waals surface area contributed by atoms with E-state index in [0.29, 0.717) is 42.6 Å². The Balaban J connectivity index is 1.78. The third-order valence-corrected chi connectivity index (χ3v) is 5.52. The zero-order valence-corrected chi connectivity index (χ0v) is 17.2. The maximum atomic E-state index is 12.9. The monoisotopic (exact) mass is 406 g/mol. The van der Waals surface area contributed by atoms with Gasteiger partial charge in [-0.2, -0.15) is 11.3 Å². The zero-order valence-electron chi connectivity index (χ0n) is 16.4. The van der Waals surface area contributed by atoms with E-state index in [4.69, 9.17) is 18.9 Å². The first kappa shape index (κ1) is 20.4. The van der Waals surface area contributed by atoms with E-state index in [1.54, 1.807) is 30.6 Å². The number of methoxy groups -OCH3 is 3. The van der Waals surface area contributed by atoms with Crippen LogP contribution in [-0.4, -0.2) is 65.0 Å². The minimum atomic E-state index is -0.216. The zero-order chi connectivity index (χ0) is 19.9. The van der Waals surface area contributed by atoms with Crippen molar-refractivity contribution in [1.29, 1.82) is 0 Å². The van der Waals surface area contributed by atoms with Crippen LogP contribution >= 0.6 is 11.3 Å². The first-order valence-corrected chi connectivity index (χ1v) is 10.0. The van der Waals surface area contributed by atoms with Crippen molar-refractivity contribution in [3.05, 3.63) is 40.1 Å². The molecule has 3 rings (SSSR count). The highest BCUT2D eigenvalue weighted by atomic mass is 32.1. The summed E-state index contributed by atoms with van der Waals surface area (Å²) in [6.45, 7) is 3.59. The summed E-state index contributed by atoms with van der Waals surface area (Å²) in [7, 11) is 4.58. The molecule has 1 unspecified atom stereocenters. The summed E-state index contributed by atoms with van der Waals surface area (Å²) >= 11 is 1.66. The second-order valence-electron chi connectivity index (χ2n) is 6.31. The van der Waals surface area contributed by atoms with Crippen LogP contribution in [0.15, 0.2) is 29.0 Å². The van der Waals surface area contributed by atoms with E-state index in [-0.39, 0.29) is 11.9 Å². The molecular weight excluding hydrogens is 380 g/mol. The molecule has 0 spiro atoms. The molecule has 2 aromatic rings. The van der Waals surface area contributed by atoms with E-state index in [1.165, 1.54) is 19.8 Å². The number of thiophene rings is 1. The predicted octanol–water partition coefficient (Wildman–Crippen LogP) is 2.58. The number of carbonyl (C=O) groups is 1. The third-order valence-electron chi connectivity index (χ3n) is 4.82. The Kier molecular flexibility index (Phi) is 7.13. The molecule has 1 N–H and O–H groups in total. The van der Waals surface area contributed by atoms with Gasteiger partial charge in [-0.1, -0.05) is 0 Å². The van der Waals surface area contributed by atoms with Crippen LogP contribution in [0.25, 0.3) is 0 Å². The Labute approximate surface area is 169 Å². The lowest BCUT2D eigenvalue weighted by molar-refractivity contribution is 0.0163. The van der Waals surface area contributed by atoms with Gasteiger partial charge < -0.3 is 24.3 Å². The van der Waals surface area contributed by atoms with Gasteiger partial charge in [-0.15, -0.1) is 0 Å². The molecule has 1 atom stereocenters. The Bertz CT molecular complexity index is 775. The molecule has 2 heterocycles. The number of nitrogens with one attached hydrogen (secondary N) is 1. The van der Waals surface area contributed by atoms with Crippen LogP contribution in [0, 0.1) is 0 Å². The van der Waals surface area contributed by atoms with Gasteiger partial charge in [0.2, 0.25) is 5.75 Å². The second kappa shape index (κ2) is 9.77. The van der Waals surface area contributed by atoms with E-state index >= 15 is 0 Å². The van der Waals surface area contributed by atoms with Crippen molar-refractivity contribution in [3.8, 4) is 17.2 Å². The van der Waals surface area contributed by atoms with E-state index in [2.05, 4.69) is 27.0 Å². The van der Waals surface area contributed by atoms with Crippen LogP contribution in [-0.2, 0) is 4.74 Å². The molecule has 1 aromatic heterocycles. The predicted molar refractivity (Wildman–Crippen MR) is 108 cm³/mol. The average molecular weight is 407 g/mol. The molecule has 0 saturated carbocycles. The van der Waals surface area contributed by atoms with Crippen molar-refractivity contribution in [2.75, 3.05) is 54.2 Å². The fourth-order valence-electron chi connectivity index (χ4n) is 3.38. The molecule has 1 fully saturated rings. The van der Waals surface area contributed by atoms with Crippen molar-refractivity contribution in [1.82, 2.24) is 10.2 Å². The highest BCUT2D eigenvalue weighted by molar-refractivity contribution is 7.07. The number of nitrogens with zero attached hydrogens (tertiary/aromatic N) is 1. The summed E-state index contributed by atoms with van der Waals surface area (Å²) in [5.41, 5.74) is 1.61. The summed E-state index contributed by atoms with van der Waals surface area (Å²) in [4.78, 5) is 15.3. The number of hydrogen-bond acceptors (Lipinski definition) is 7. The standard InChI is InChI=1S/C20H26N2O5S/c1-24-17-5-4-15(18(25-2)19(17)26-3)20(23)21-12-16(14-6-11-28-13-14)22-7-9-27-10-8-22/h4-6,11,13,16H,7-10,12H2,1-3H3,(H,21,23). The van der Waals surface area contributed by atoms with Crippen molar-refractivity contribution in [3.63, 3.8) is 0 Å². The molecule has 0 bridgehead atoms. The van der Waals surface area contributed by atoms with Gasteiger partial charge in [0.1, 0.15) is 0 Å². The lowest BCUT2D eigenvalue weighted by atomic mass is 10.1. The van der Waals surface area contributed by atoms with Crippen LogP contribution < -0.4 is 19.5 Å². The molecule has 0 aliphatic carbocycles. The third kappa shape index (κ3) is 4.40. The van der Waals surface area contributed by atoms with Crippen molar-refractivity contribution >= 4 is 17.2 Å². The number of carbonyl (C=O) groups excluding carboxylic acids is 1. The Morgan fingerprint density at radius 2 is 1.89 bits per heavy atom. The summed E-state index contributed by atoms with van der Waals surface area (Å²) in [5.74, 6) is 1.06. The van der Waals surface area contributed by atoms with Crippen molar-refractivity contribution < 1.29 is 23.7 Å². The molecule has 1 saturated heterocycles. The van der Waals surface area contributed by atoms with Crippen molar-refractivity contribution in [2.45, 2.75) is 6.04 Å². The van der Waals surface area contributed by atoms with Crippen LogP contribution in [0.4, 0.5) is 0 Å². The molecule has 1 aromatic carbocycles. The molecule has 7 nitrogen and oxygen atoms in total. The fraction of sp³-hybridized carbons (Fsp3) is 0.450. The summed E-state index contributed by atoms with van der Waals surface area (Å²) in [6.07, 6.45) is 0. The SMILES string of the molecule is COc1ccc(C(=O)NCC(c2ccsc2)N2CCOCC2)c(OC)c1OC. The van der Waals surface area contributed by atoms with Gasteiger partial charge >= 0.3 is 0 Å². The molecule has 1 aliphatic heterocycles. The number of amides is 1. The van der Waals surface area contributed by atoms with E-state index in [9.17, 15) is 4.79 Å². The topological polar surface area (TPSA) is 69.3 Å². The van der Waals surface area contributed by atoms with E-state index in [1.807, 2.05) is 0 Å². The average Bonchev–Trinajstić information content (AvgIpc) is 3.27. The maximum absolute atomic E-state index is 12.9. The Morgan fingerprint density at radius 3 is 2.50 bits per heavy atom. The molecule has 0 radical (unpaired) electrons. The quantitative estimate of drug-likeness (QED) is 0.727. The molecule has 28 heavy (non-hydrogen) atoms. The van der Waals surface area contributed by atoms with Crippen LogP contribution in [0.1, 0.15) is 22.0 Å². The van der Waals surface area contributed by atoms with Gasteiger partial charge in [-0.25, -0.2) is 0 Å². The van der Waals surface area contributed by atoms with Gasteiger partial charge in [-0.05, 0) is 34.5 Å². The Hall–Kier alpha value is -2.29. The number of ether oxygens (including phenoxy) is 4. The summed E-state index contributed by atoms with van der Waals surface area (Å²) in [6, 6.07) is 5.59. The normalized spacial score (nSPS) is 15.7. The molecule has 1 aliphatic rings. The second-order valence-corrected chi connectivity index (χ2v) is 7.09. The number of morpholine rings is 1. The minimum absolute atomic E-state index is 0.102. The lowest BCUT2D eigenvalue weighted by Crippen LogP contribution is -2.43. The largest absolute Gasteiger partial charge is 0.493 e. The van der Waals surface area contributed by atoms with Crippen LogP contribution in [0.5, 0.6) is 17.2 Å². The smallest absolute Gasteiger partial charge is 0.255 e. The summed E-state index contributed by atoms with van der Waals surface area (Å²) in [5, 5.41) is 7.24. The van der Waals surface area contributed by atoms with Crippen molar-refractivity contribution in [2.24, 2.45) is 0 Å². The number of hydrogen-bond donors (Lipinski definition) is 1. The molecule has 8 heteroatoms. The highest BCUT2D eigenvalue weighted by Crippen LogP contribution is 2.39. The molecular formula is C20H26N2O5S. The summed E-state index contributed by atoms with van der Waals surface area (Å²) < 4.78 is 21.6. The first-order chi connectivity index (χ1) is 13.7. The minimum Gasteiger partial charge on any atom is -0.493 e. The van der Waals surface area contributed by atoms with E-state index < -0.39 is 0 Å². The van der Waals surface area contributed by atoms with Gasteiger partial charge in [-0.3, -0.25) is 9.69 Å². The number of rotatable bonds is 8. The van der Waals surface area contributed by atoms with Crippen LogP contribution in [0.3, 0.4) is 0 Å². The van der Waals surface area contributed by atoms with Gasteiger partial charge in [0.15, 0.2) is 11.5 Å². The van der Waals surface area contributed by atoms with Crippen LogP contribution in [0.2, 0.25) is 0 Å². The highest BCUT2D eigenvalue weighted by Gasteiger charge is 2.25. The molecule has 1 amide bonds. The first-order valence-electron chi connectivity index (χ1n) is 9.10. The maximum Gasteiger partial charge on any atom is 0.255 e. The van der Waals surface area contributed by atoms with Gasteiger partial charge in [0, 0.05) is 19.6 Å². The van der Waals surface area contributed by atoms with Gasteiger partial charge in [0.25, 0.3) is 5.91 Å². The molecule has 152 valence electrons. The van der Waals surface area contributed by atoms with E-state index in [0.717, 1.165) is 13.1 Å². The lowest BCUT2D eigenvalue weighted by Gasteiger charge is -2.34. The number of benzene rings is 1. The fourth-order valence-corrected chi connectivity index (χ4v) is 4.08. The Morgan fingerprint density at radius 1 is 1.14 bits per heavy atom. The van der Waals surface area contributed by atoms with Gasteiger partial charge in [0.05, 0.1) is 46.1 Å².